The van der Waals surface area contributed by atoms with Gasteiger partial charge in [-0.1, -0.05) is 36.4 Å². The van der Waals surface area contributed by atoms with Gasteiger partial charge in [0.25, 0.3) is 0 Å². The van der Waals surface area contributed by atoms with Crippen LogP contribution >= 0.6 is 24.0 Å². The summed E-state index contributed by atoms with van der Waals surface area (Å²) in [6.07, 6.45) is 2.70. The Labute approximate surface area is 143 Å². The third kappa shape index (κ3) is 6.57. The molecule has 0 atom stereocenters. The first kappa shape index (κ1) is 17.4. The summed E-state index contributed by atoms with van der Waals surface area (Å²) >= 11 is 0. The van der Waals surface area contributed by atoms with Crippen LogP contribution in [0.3, 0.4) is 0 Å². The lowest BCUT2D eigenvalue weighted by atomic mass is 10.2. The molecule has 0 bridgehead atoms. The second-order valence-electron chi connectivity index (χ2n) is 4.41. The van der Waals surface area contributed by atoms with Crippen LogP contribution < -0.4 is 10.6 Å². The molecule has 0 aliphatic rings. The van der Waals surface area contributed by atoms with E-state index in [1.165, 1.54) is 5.56 Å². The fourth-order valence-electron chi connectivity index (χ4n) is 1.86. The predicted molar refractivity (Wildman–Crippen MR) is 98.0 cm³/mol. The second kappa shape index (κ2) is 10.1. The molecule has 4 nitrogen and oxygen atoms in total. The Morgan fingerprint density at radius 1 is 1.05 bits per heavy atom. The van der Waals surface area contributed by atoms with Crippen LogP contribution in [0.25, 0.3) is 0 Å². The molecule has 0 saturated carbocycles. The first-order valence-electron chi connectivity index (χ1n) is 6.77. The van der Waals surface area contributed by atoms with Crippen molar-refractivity contribution in [3.05, 3.63) is 66.0 Å². The average Bonchev–Trinajstić information content (AvgIpc) is 2.52. The highest BCUT2D eigenvalue weighted by atomic mass is 127. The van der Waals surface area contributed by atoms with Crippen molar-refractivity contribution in [3.63, 3.8) is 0 Å². The van der Waals surface area contributed by atoms with Crippen molar-refractivity contribution in [2.24, 2.45) is 4.99 Å². The molecule has 2 rings (SSSR count). The summed E-state index contributed by atoms with van der Waals surface area (Å²) in [5, 5.41) is 6.58. The van der Waals surface area contributed by atoms with E-state index in [1.807, 2.05) is 42.6 Å². The molecule has 5 heteroatoms. The molecule has 112 valence electrons. The van der Waals surface area contributed by atoms with E-state index >= 15 is 0 Å². The van der Waals surface area contributed by atoms with E-state index in [0.717, 1.165) is 31.2 Å². The van der Waals surface area contributed by atoms with Crippen molar-refractivity contribution in [1.82, 2.24) is 15.6 Å². The lowest BCUT2D eigenvalue weighted by molar-refractivity contribution is 0.784. The van der Waals surface area contributed by atoms with Gasteiger partial charge in [-0.15, -0.1) is 24.0 Å². The minimum Gasteiger partial charge on any atom is -0.356 e. The Balaban J connectivity index is 0.00000220. The van der Waals surface area contributed by atoms with Crippen LogP contribution in [0.15, 0.2) is 59.7 Å². The molecule has 1 aromatic heterocycles. The predicted octanol–water partition coefficient (Wildman–Crippen LogP) is 2.61. The fourth-order valence-corrected chi connectivity index (χ4v) is 1.86. The molecule has 1 heterocycles. The number of pyridine rings is 1. The Bertz CT molecular complexity index is 528. The number of benzene rings is 1. The number of guanidine groups is 1. The zero-order valence-electron chi connectivity index (χ0n) is 12.1. The summed E-state index contributed by atoms with van der Waals surface area (Å²) < 4.78 is 0. The van der Waals surface area contributed by atoms with Crippen LogP contribution in [-0.2, 0) is 13.0 Å². The molecule has 0 saturated heterocycles. The standard InChI is InChI=1S/C16H20N4.HI/c1-17-16(20-13-14-7-3-2-4-8-14)19-12-10-15-9-5-6-11-18-15;/h2-9,11H,10,12-13H2,1H3,(H2,17,19,20);1H. The van der Waals surface area contributed by atoms with Gasteiger partial charge < -0.3 is 10.6 Å². The minimum atomic E-state index is 0. The Morgan fingerprint density at radius 2 is 1.81 bits per heavy atom. The zero-order chi connectivity index (χ0) is 14.0. The summed E-state index contributed by atoms with van der Waals surface area (Å²) in [7, 11) is 1.78. The first-order chi connectivity index (χ1) is 9.88. The Morgan fingerprint density at radius 3 is 2.48 bits per heavy atom. The number of hydrogen-bond donors (Lipinski definition) is 2. The summed E-state index contributed by atoms with van der Waals surface area (Å²) in [5.74, 6) is 0.810. The Kier molecular flexibility index (Phi) is 8.42. The van der Waals surface area contributed by atoms with Crippen LogP contribution in [0.2, 0.25) is 0 Å². The van der Waals surface area contributed by atoms with Crippen LogP contribution in [0, 0.1) is 0 Å². The number of nitrogens with zero attached hydrogens (tertiary/aromatic N) is 2. The number of rotatable bonds is 5. The number of aliphatic imine (C=N–C) groups is 1. The van der Waals surface area contributed by atoms with Gasteiger partial charge in [0.05, 0.1) is 0 Å². The summed E-state index contributed by atoms with van der Waals surface area (Å²) in [6, 6.07) is 16.2. The number of hydrogen-bond acceptors (Lipinski definition) is 2. The van der Waals surface area contributed by atoms with Gasteiger partial charge in [-0.2, -0.15) is 0 Å². The number of nitrogens with one attached hydrogen (secondary N) is 2. The zero-order valence-corrected chi connectivity index (χ0v) is 14.5. The quantitative estimate of drug-likeness (QED) is 0.464. The summed E-state index contributed by atoms with van der Waals surface area (Å²) in [4.78, 5) is 8.50. The van der Waals surface area contributed by atoms with Gasteiger partial charge in [0.2, 0.25) is 0 Å². The molecule has 2 N–H and O–H groups in total. The molecule has 21 heavy (non-hydrogen) atoms. The van der Waals surface area contributed by atoms with E-state index < -0.39 is 0 Å². The van der Waals surface area contributed by atoms with Crippen molar-refractivity contribution < 1.29 is 0 Å². The smallest absolute Gasteiger partial charge is 0.191 e. The van der Waals surface area contributed by atoms with Crippen molar-refractivity contribution in [3.8, 4) is 0 Å². The van der Waals surface area contributed by atoms with Crippen molar-refractivity contribution in [2.45, 2.75) is 13.0 Å². The number of halogens is 1. The van der Waals surface area contributed by atoms with E-state index in [-0.39, 0.29) is 24.0 Å². The summed E-state index contributed by atoms with van der Waals surface area (Å²) in [6.45, 7) is 1.58. The molecule has 0 unspecified atom stereocenters. The van der Waals surface area contributed by atoms with E-state index in [0.29, 0.717) is 0 Å². The van der Waals surface area contributed by atoms with Gasteiger partial charge in [-0.3, -0.25) is 9.98 Å². The Hall–Kier alpha value is -1.63. The highest BCUT2D eigenvalue weighted by Gasteiger charge is 1.98. The second-order valence-corrected chi connectivity index (χ2v) is 4.41. The molecule has 0 radical (unpaired) electrons. The van der Waals surface area contributed by atoms with Crippen LogP contribution in [0.1, 0.15) is 11.3 Å². The van der Waals surface area contributed by atoms with E-state index in [9.17, 15) is 0 Å². The molecule has 1 aromatic carbocycles. The van der Waals surface area contributed by atoms with E-state index in [1.54, 1.807) is 7.05 Å². The normalized spacial score (nSPS) is 10.6. The molecule has 2 aromatic rings. The summed E-state index contributed by atoms with van der Waals surface area (Å²) in [5.41, 5.74) is 2.32. The highest BCUT2D eigenvalue weighted by molar-refractivity contribution is 14.0. The van der Waals surface area contributed by atoms with Gasteiger partial charge >= 0.3 is 0 Å². The molecule has 0 aliphatic carbocycles. The molecule has 0 spiro atoms. The van der Waals surface area contributed by atoms with Crippen LogP contribution in [-0.4, -0.2) is 24.5 Å². The maximum Gasteiger partial charge on any atom is 0.191 e. The monoisotopic (exact) mass is 396 g/mol. The highest BCUT2D eigenvalue weighted by Crippen LogP contribution is 1.97. The number of aromatic nitrogens is 1. The van der Waals surface area contributed by atoms with Gasteiger partial charge in [0.15, 0.2) is 5.96 Å². The van der Waals surface area contributed by atoms with Crippen molar-refractivity contribution >= 4 is 29.9 Å². The maximum absolute atomic E-state index is 4.29. The third-order valence-electron chi connectivity index (χ3n) is 2.93. The fraction of sp³-hybridized carbons (Fsp3) is 0.250. The first-order valence-corrected chi connectivity index (χ1v) is 6.77. The topological polar surface area (TPSA) is 49.3 Å². The maximum atomic E-state index is 4.29. The van der Waals surface area contributed by atoms with Crippen molar-refractivity contribution in [2.75, 3.05) is 13.6 Å². The lowest BCUT2D eigenvalue weighted by Crippen LogP contribution is -2.37. The van der Waals surface area contributed by atoms with E-state index in [2.05, 4.69) is 32.7 Å². The van der Waals surface area contributed by atoms with Gasteiger partial charge in [0, 0.05) is 38.4 Å². The van der Waals surface area contributed by atoms with E-state index in [4.69, 9.17) is 0 Å². The molecule has 0 amide bonds. The molecule has 0 fully saturated rings. The molecular weight excluding hydrogens is 375 g/mol. The van der Waals surface area contributed by atoms with Crippen LogP contribution in [0.4, 0.5) is 0 Å². The van der Waals surface area contributed by atoms with Gasteiger partial charge in [0.1, 0.15) is 0 Å². The minimum absolute atomic E-state index is 0. The van der Waals surface area contributed by atoms with Crippen molar-refractivity contribution in [1.29, 1.82) is 0 Å². The lowest BCUT2D eigenvalue weighted by Gasteiger charge is -2.11. The largest absolute Gasteiger partial charge is 0.356 e. The van der Waals surface area contributed by atoms with Crippen LogP contribution in [0.5, 0.6) is 0 Å². The van der Waals surface area contributed by atoms with Gasteiger partial charge in [-0.25, -0.2) is 0 Å². The molecular formula is C16H21IN4. The average molecular weight is 396 g/mol. The molecule has 0 aliphatic heterocycles. The SMILES string of the molecule is CN=C(NCCc1ccccn1)NCc1ccccc1.I. The van der Waals surface area contributed by atoms with Gasteiger partial charge in [-0.05, 0) is 17.7 Å². The third-order valence-corrected chi connectivity index (χ3v) is 2.93.